The number of thioether (sulfide) groups is 1. The maximum atomic E-state index is 13.1. The number of nitrogens with zero attached hydrogens (tertiary/aromatic N) is 4. The van der Waals surface area contributed by atoms with Crippen molar-refractivity contribution in [3.63, 3.8) is 0 Å². The first-order valence-corrected chi connectivity index (χ1v) is 14.8. The predicted octanol–water partition coefficient (Wildman–Crippen LogP) is 2.21. The number of amides is 2. The molecule has 3 aromatic rings. The first-order valence-electron chi connectivity index (χ1n) is 12.4. The van der Waals surface area contributed by atoms with E-state index in [4.69, 9.17) is 4.74 Å². The quantitative estimate of drug-likeness (QED) is 0.421. The minimum atomic E-state index is -3.43. The van der Waals surface area contributed by atoms with Crippen LogP contribution in [0.2, 0.25) is 0 Å². The summed E-state index contributed by atoms with van der Waals surface area (Å²) in [6.45, 7) is 2.55. The van der Waals surface area contributed by atoms with Crippen molar-refractivity contribution in [1.82, 2.24) is 25.2 Å². The highest BCUT2D eigenvalue weighted by molar-refractivity contribution is 8.18. The maximum absolute atomic E-state index is 13.1. The number of rotatable bonds is 7. The van der Waals surface area contributed by atoms with Gasteiger partial charge in [-0.1, -0.05) is 0 Å². The molecule has 0 aliphatic carbocycles. The van der Waals surface area contributed by atoms with Gasteiger partial charge in [-0.05, 0) is 73.0 Å². The molecule has 0 bridgehead atoms. The van der Waals surface area contributed by atoms with Crippen molar-refractivity contribution >= 4 is 55.9 Å². The van der Waals surface area contributed by atoms with Gasteiger partial charge in [-0.2, -0.15) is 0 Å². The molecule has 11 nitrogen and oxygen atoms in total. The summed E-state index contributed by atoms with van der Waals surface area (Å²) in [5.74, 6) is -0.337. The number of hydrogen-bond donors (Lipinski definition) is 2. The third kappa shape index (κ3) is 4.94. The van der Waals surface area contributed by atoms with E-state index in [0.717, 1.165) is 36.0 Å². The number of pyridine rings is 1. The summed E-state index contributed by atoms with van der Waals surface area (Å²) in [5, 5.41) is 5.20. The van der Waals surface area contributed by atoms with Crippen molar-refractivity contribution in [2.75, 3.05) is 36.4 Å². The lowest BCUT2D eigenvalue weighted by atomic mass is 10.1. The Bertz CT molecular complexity index is 1560. The van der Waals surface area contributed by atoms with Gasteiger partial charge in [-0.3, -0.25) is 23.8 Å². The lowest BCUT2D eigenvalue weighted by Crippen LogP contribution is -2.41. The second-order valence-electron chi connectivity index (χ2n) is 9.37. The highest BCUT2D eigenvalue weighted by Crippen LogP contribution is 2.33. The van der Waals surface area contributed by atoms with Crippen molar-refractivity contribution in [2.45, 2.75) is 25.3 Å². The number of imidazole rings is 1. The van der Waals surface area contributed by atoms with Crippen LogP contribution in [0.15, 0.2) is 41.6 Å². The van der Waals surface area contributed by atoms with E-state index in [9.17, 15) is 18.0 Å². The van der Waals surface area contributed by atoms with Crippen molar-refractivity contribution in [3.05, 3.63) is 52.8 Å². The predicted molar refractivity (Wildman–Crippen MR) is 145 cm³/mol. The number of carbonyl (C=O) groups is 2. The number of morpholine rings is 1. The summed E-state index contributed by atoms with van der Waals surface area (Å²) in [5.41, 5.74) is 4.27. The minimum absolute atomic E-state index is 0.0998. The first kappa shape index (κ1) is 25.0. The number of imide groups is 1. The number of carbonyl (C=O) groups excluding carboxylic acids is 2. The van der Waals surface area contributed by atoms with E-state index < -0.39 is 21.2 Å². The zero-order chi connectivity index (χ0) is 26.3. The Morgan fingerprint density at radius 1 is 1.21 bits per heavy atom. The molecule has 38 heavy (non-hydrogen) atoms. The molecule has 2 saturated heterocycles. The van der Waals surface area contributed by atoms with E-state index in [0.29, 0.717) is 55.1 Å². The first-order chi connectivity index (χ1) is 18.4. The van der Waals surface area contributed by atoms with E-state index >= 15 is 0 Å². The molecule has 2 fully saturated rings. The number of aromatic nitrogens is 3. The molecule has 0 spiro atoms. The molecular formula is C25H26N6O5S2. The number of fused-ring (bicyclic) bond motifs is 2. The molecule has 1 unspecified atom stereocenters. The van der Waals surface area contributed by atoms with Gasteiger partial charge in [0.25, 0.3) is 11.1 Å². The molecule has 3 aliphatic heterocycles. The normalized spacial score (nSPS) is 20.9. The Balaban J connectivity index is 1.21. The van der Waals surface area contributed by atoms with Crippen LogP contribution in [0.25, 0.3) is 22.9 Å². The molecule has 0 saturated carbocycles. The minimum Gasteiger partial charge on any atom is -0.379 e. The van der Waals surface area contributed by atoms with Gasteiger partial charge < -0.3 is 10.1 Å². The van der Waals surface area contributed by atoms with E-state index in [1.54, 1.807) is 24.5 Å². The molecule has 1 atom stereocenters. The van der Waals surface area contributed by atoms with Crippen molar-refractivity contribution in [3.8, 4) is 5.69 Å². The van der Waals surface area contributed by atoms with Gasteiger partial charge in [0.2, 0.25) is 10.0 Å². The number of hydrogen-bond acceptors (Lipinski definition) is 9. The average Bonchev–Trinajstić information content (AvgIpc) is 3.60. The topological polar surface area (TPSA) is 136 Å². The van der Waals surface area contributed by atoms with Crippen LogP contribution in [0.3, 0.4) is 0 Å². The van der Waals surface area contributed by atoms with E-state index in [1.807, 2.05) is 22.8 Å². The Morgan fingerprint density at radius 2 is 2.11 bits per heavy atom. The fraction of sp³-hybridized carbons (Fsp3) is 0.360. The monoisotopic (exact) mass is 554 g/mol. The van der Waals surface area contributed by atoms with Gasteiger partial charge >= 0.3 is 0 Å². The SMILES string of the molecule is O=C1NC(=O)C(=Cc2ccc3ncn(-c4ccc5c(c4)CCN5S(=O)(=O)CCCC4COCCN4)c3n2)S1. The molecule has 5 heterocycles. The molecule has 198 valence electrons. The molecular weight excluding hydrogens is 528 g/mol. The van der Waals surface area contributed by atoms with Crippen LogP contribution in [-0.4, -0.2) is 72.2 Å². The van der Waals surface area contributed by atoms with Crippen LogP contribution in [0.4, 0.5) is 10.5 Å². The molecule has 2 amide bonds. The molecule has 2 N–H and O–H groups in total. The largest absolute Gasteiger partial charge is 0.379 e. The summed E-state index contributed by atoms with van der Waals surface area (Å²) < 4.78 is 35.1. The molecule has 1 aromatic carbocycles. The standard InChI is InChI=1S/C25H26N6O5S2/c32-24-22(37-25(33)29-24)13-17-3-5-20-23(28-17)30(15-27-20)19-4-6-21-16(12-19)7-9-31(21)38(34,35)11-1-2-18-14-36-10-8-26-18/h3-6,12-13,15,18,26H,1-2,7-11,14H2,(H,29,32,33). The summed E-state index contributed by atoms with van der Waals surface area (Å²) in [4.78, 5) is 32.8. The third-order valence-electron chi connectivity index (χ3n) is 6.82. The summed E-state index contributed by atoms with van der Waals surface area (Å²) in [6, 6.07) is 9.44. The van der Waals surface area contributed by atoms with E-state index in [1.165, 1.54) is 4.31 Å². The lowest BCUT2D eigenvalue weighted by Gasteiger charge is -2.24. The van der Waals surface area contributed by atoms with Crippen LogP contribution >= 0.6 is 11.8 Å². The Kier molecular flexibility index (Phi) is 6.68. The average molecular weight is 555 g/mol. The second-order valence-corrected chi connectivity index (χ2v) is 12.4. The Hall–Kier alpha value is -3.26. The zero-order valence-corrected chi connectivity index (χ0v) is 22.1. The van der Waals surface area contributed by atoms with Crippen molar-refractivity contribution < 1.29 is 22.7 Å². The van der Waals surface area contributed by atoms with Gasteiger partial charge in [0, 0.05) is 24.8 Å². The van der Waals surface area contributed by atoms with E-state index in [-0.39, 0.29) is 16.7 Å². The van der Waals surface area contributed by atoms with Gasteiger partial charge in [0.15, 0.2) is 5.65 Å². The highest BCUT2D eigenvalue weighted by atomic mass is 32.2. The second kappa shape index (κ2) is 10.1. The third-order valence-corrected chi connectivity index (χ3v) is 9.49. The molecule has 3 aliphatic rings. The van der Waals surface area contributed by atoms with Crippen LogP contribution < -0.4 is 14.9 Å². The fourth-order valence-corrected chi connectivity index (χ4v) is 7.22. The molecule has 13 heteroatoms. The van der Waals surface area contributed by atoms with Gasteiger partial charge in [-0.15, -0.1) is 0 Å². The van der Waals surface area contributed by atoms with Crippen LogP contribution in [0, 0.1) is 0 Å². The number of sulfonamides is 1. The molecule has 2 aromatic heterocycles. The summed E-state index contributed by atoms with van der Waals surface area (Å²) >= 11 is 0.841. The van der Waals surface area contributed by atoms with Gasteiger partial charge in [0.05, 0.1) is 35.3 Å². The fourth-order valence-electron chi connectivity index (χ4n) is 4.96. The smallest absolute Gasteiger partial charge is 0.290 e. The summed E-state index contributed by atoms with van der Waals surface area (Å²) in [7, 11) is -3.43. The molecule has 6 rings (SSSR count). The zero-order valence-electron chi connectivity index (χ0n) is 20.4. The van der Waals surface area contributed by atoms with E-state index in [2.05, 4.69) is 20.6 Å². The number of nitrogens with one attached hydrogen (secondary N) is 2. The number of anilines is 1. The van der Waals surface area contributed by atoms with Crippen LogP contribution in [-0.2, 0) is 26.0 Å². The van der Waals surface area contributed by atoms with Gasteiger partial charge in [-0.25, -0.2) is 18.4 Å². The highest BCUT2D eigenvalue weighted by Gasteiger charge is 2.30. The number of ether oxygens (including phenoxy) is 1. The van der Waals surface area contributed by atoms with Crippen molar-refractivity contribution in [1.29, 1.82) is 0 Å². The Morgan fingerprint density at radius 3 is 2.89 bits per heavy atom. The number of benzene rings is 1. The van der Waals surface area contributed by atoms with Crippen LogP contribution in [0.1, 0.15) is 24.1 Å². The van der Waals surface area contributed by atoms with Gasteiger partial charge in [0.1, 0.15) is 11.8 Å². The molecule has 0 radical (unpaired) electrons. The lowest BCUT2D eigenvalue weighted by molar-refractivity contribution is -0.115. The maximum Gasteiger partial charge on any atom is 0.290 e. The Labute approximate surface area is 223 Å². The van der Waals surface area contributed by atoms with Crippen molar-refractivity contribution in [2.24, 2.45) is 0 Å². The summed E-state index contributed by atoms with van der Waals surface area (Å²) in [6.07, 6.45) is 5.21. The van der Waals surface area contributed by atoms with Crippen LogP contribution in [0.5, 0.6) is 0 Å².